The molecule has 1 N–H and O–H groups in total. The van der Waals surface area contributed by atoms with Gasteiger partial charge in [-0.3, -0.25) is 4.79 Å². The number of fused-ring (bicyclic) bond motifs is 1. The zero-order valence-corrected chi connectivity index (χ0v) is 13.2. The summed E-state index contributed by atoms with van der Waals surface area (Å²) in [6.45, 7) is 2.81. The highest BCUT2D eigenvalue weighted by Gasteiger charge is 2.10. The molecule has 0 amide bonds. The Morgan fingerprint density at radius 3 is 2.95 bits per heavy atom. The van der Waals surface area contributed by atoms with Gasteiger partial charge in [-0.25, -0.2) is 9.97 Å². The van der Waals surface area contributed by atoms with Gasteiger partial charge in [-0.1, -0.05) is 27.7 Å². The molecule has 2 aromatic rings. The van der Waals surface area contributed by atoms with Crippen LogP contribution in [0.3, 0.4) is 0 Å². The summed E-state index contributed by atoms with van der Waals surface area (Å²) in [6.07, 6.45) is 0. The SMILES string of the molecule is CCOCc1nc(SCC(=O)O)c2cc(Br)ccc2n1. The van der Waals surface area contributed by atoms with Crippen LogP contribution in [0.1, 0.15) is 12.7 Å². The maximum absolute atomic E-state index is 10.7. The first-order chi connectivity index (χ1) is 9.60. The molecule has 0 saturated carbocycles. The van der Waals surface area contributed by atoms with Crippen LogP contribution in [-0.2, 0) is 16.1 Å². The molecule has 7 heteroatoms. The number of thioether (sulfide) groups is 1. The second-order valence-corrected chi connectivity index (χ2v) is 5.81. The van der Waals surface area contributed by atoms with Crippen LogP contribution in [0, 0.1) is 0 Å². The summed E-state index contributed by atoms with van der Waals surface area (Å²) in [5.74, 6) is -0.343. The first-order valence-corrected chi connectivity index (χ1v) is 7.76. The number of ether oxygens (including phenoxy) is 1. The molecule has 20 heavy (non-hydrogen) atoms. The monoisotopic (exact) mass is 356 g/mol. The third kappa shape index (κ3) is 3.91. The number of carboxylic acids is 1. The Bertz CT molecular complexity index is 636. The molecule has 1 aromatic heterocycles. The number of rotatable bonds is 6. The van der Waals surface area contributed by atoms with Crippen molar-refractivity contribution in [2.24, 2.45) is 0 Å². The summed E-state index contributed by atoms with van der Waals surface area (Å²) < 4.78 is 6.22. The number of hydrogen-bond donors (Lipinski definition) is 1. The van der Waals surface area contributed by atoms with Crippen LogP contribution < -0.4 is 0 Å². The summed E-state index contributed by atoms with van der Waals surface area (Å²) in [7, 11) is 0. The molecule has 106 valence electrons. The number of halogens is 1. The van der Waals surface area contributed by atoms with E-state index in [1.54, 1.807) is 0 Å². The van der Waals surface area contributed by atoms with Crippen molar-refractivity contribution in [3.63, 3.8) is 0 Å². The Morgan fingerprint density at radius 1 is 1.45 bits per heavy atom. The van der Waals surface area contributed by atoms with Crippen molar-refractivity contribution >= 4 is 44.6 Å². The van der Waals surface area contributed by atoms with E-state index >= 15 is 0 Å². The molecule has 0 bridgehead atoms. The van der Waals surface area contributed by atoms with Crippen molar-refractivity contribution in [1.82, 2.24) is 9.97 Å². The van der Waals surface area contributed by atoms with Crippen LogP contribution in [0.25, 0.3) is 10.9 Å². The topological polar surface area (TPSA) is 72.3 Å². The molecular formula is C13H13BrN2O3S. The van der Waals surface area contributed by atoms with Gasteiger partial charge in [0.05, 0.1) is 11.3 Å². The van der Waals surface area contributed by atoms with Gasteiger partial charge in [-0.15, -0.1) is 0 Å². The number of aliphatic carboxylic acids is 1. The van der Waals surface area contributed by atoms with Crippen LogP contribution in [0.5, 0.6) is 0 Å². The van der Waals surface area contributed by atoms with Crippen LogP contribution >= 0.6 is 27.7 Å². The maximum atomic E-state index is 10.7. The van der Waals surface area contributed by atoms with Crippen molar-refractivity contribution in [2.75, 3.05) is 12.4 Å². The second kappa shape index (κ2) is 7.01. The highest BCUT2D eigenvalue weighted by molar-refractivity contribution is 9.10. The van der Waals surface area contributed by atoms with Crippen molar-refractivity contribution in [3.05, 3.63) is 28.5 Å². The Hall–Kier alpha value is -1.18. The zero-order valence-electron chi connectivity index (χ0n) is 10.8. The maximum Gasteiger partial charge on any atom is 0.313 e. The first-order valence-electron chi connectivity index (χ1n) is 5.98. The molecule has 0 spiro atoms. The molecule has 2 rings (SSSR count). The van der Waals surface area contributed by atoms with Gasteiger partial charge in [0, 0.05) is 16.5 Å². The van der Waals surface area contributed by atoms with E-state index < -0.39 is 5.97 Å². The number of carbonyl (C=O) groups is 1. The Morgan fingerprint density at radius 2 is 2.25 bits per heavy atom. The van der Waals surface area contributed by atoms with Gasteiger partial charge in [0.25, 0.3) is 0 Å². The molecule has 1 aromatic carbocycles. The largest absolute Gasteiger partial charge is 0.481 e. The quantitative estimate of drug-likeness (QED) is 0.633. The standard InChI is InChI=1S/C13H13BrN2O3S/c1-2-19-6-11-15-10-4-3-8(14)5-9(10)13(16-11)20-7-12(17)18/h3-5H,2,6-7H2,1H3,(H,17,18). The molecule has 5 nitrogen and oxygen atoms in total. The molecule has 0 aliphatic heterocycles. The number of benzene rings is 1. The van der Waals surface area contributed by atoms with E-state index in [0.717, 1.165) is 15.4 Å². The predicted octanol–water partition coefficient (Wildman–Crippen LogP) is 3.11. The average molecular weight is 357 g/mol. The highest BCUT2D eigenvalue weighted by atomic mass is 79.9. The number of hydrogen-bond acceptors (Lipinski definition) is 5. The van der Waals surface area contributed by atoms with Gasteiger partial charge < -0.3 is 9.84 Å². The summed E-state index contributed by atoms with van der Waals surface area (Å²) in [5.41, 5.74) is 0.783. The fraction of sp³-hybridized carbons (Fsp3) is 0.308. The molecule has 0 radical (unpaired) electrons. The lowest BCUT2D eigenvalue weighted by Gasteiger charge is -2.08. The molecule has 0 atom stereocenters. The van der Waals surface area contributed by atoms with Crippen molar-refractivity contribution in [1.29, 1.82) is 0 Å². The Balaban J connectivity index is 2.42. The van der Waals surface area contributed by atoms with Gasteiger partial charge in [0.15, 0.2) is 5.82 Å². The van der Waals surface area contributed by atoms with Crippen LogP contribution in [-0.4, -0.2) is 33.4 Å². The minimum atomic E-state index is -0.872. The Kier molecular flexibility index (Phi) is 5.33. The smallest absolute Gasteiger partial charge is 0.313 e. The third-order valence-corrected chi connectivity index (χ3v) is 3.91. The molecule has 0 saturated heterocycles. The number of nitrogens with zero attached hydrogens (tertiary/aromatic N) is 2. The molecule has 0 unspecified atom stereocenters. The second-order valence-electron chi connectivity index (χ2n) is 3.93. The minimum absolute atomic E-state index is 0.0350. The first kappa shape index (κ1) is 15.2. The van der Waals surface area contributed by atoms with Gasteiger partial charge in [-0.05, 0) is 25.1 Å². The predicted molar refractivity (Wildman–Crippen MR) is 80.9 cm³/mol. The highest BCUT2D eigenvalue weighted by Crippen LogP contribution is 2.28. The van der Waals surface area contributed by atoms with E-state index in [9.17, 15) is 4.79 Å². The van der Waals surface area contributed by atoms with E-state index in [2.05, 4.69) is 25.9 Å². The Labute approximate surface area is 128 Å². The fourth-order valence-corrected chi connectivity index (χ4v) is 2.73. The van der Waals surface area contributed by atoms with Gasteiger partial charge in [0.1, 0.15) is 11.6 Å². The van der Waals surface area contributed by atoms with Crippen molar-refractivity contribution in [3.8, 4) is 0 Å². The minimum Gasteiger partial charge on any atom is -0.481 e. The number of carboxylic acid groups (broad SMARTS) is 1. The number of aromatic nitrogens is 2. The molecule has 1 heterocycles. The normalized spacial score (nSPS) is 10.9. The van der Waals surface area contributed by atoms with Crippen LogP contribution in [0.4, 0.5) is 0 Å². The fourth-order valence-electron chi connectivity index (χ4n) is 1.62. The summed E-state index contributed by atoms with van der Waals surface area (Å²) in [4.78, 5) is 19.6. The van der Waals surface area contributed by atoms with E-state index in [1.807, 2.05) is 25.1 Å². The molecule has 0 fully saturated rings. The van der Waals surface area contributed by atoms with Crippen molar-refractivity contribution < 1.29 is 14.6 Å². The summed E-state index contributed by atoms with van der Waals surface area (Å²) in [5, 5.41) is 10.3. The van der Waals surface area contributed by atoms with Gasteiger partial charge in [0.2, 0.25) is 0 Å². The lowest BCUT2D eigenvalue weighted by atomic mass is 10.2. The third-order valence-electron chi connectivity index (χ3n) is 2.44. The van der Waals surface area contributed by atoms with E-state index in [0.29, 0.717) is 24.1 Å². The molecule has 0 aliphatic carbocycles. The van der Waals surface area contributed by atoms with Gasteiger partial charge >= 0.3 is 5.97 Å². The van der Waals surface area contributed by atoms with Gasteiger partial charge in [-0.2, -0.15) is 0 Å². The molecular weight excluding hydrogens is 344 g/mol. The van der Waals surface area contributed by atoms with Crippen LogP contribution in [0.15, 0.2) is 27.7 Å². The van der Waals surface area contributed by atoms with Crippen LogP contribution in [0.2, 0.25) is 0 Å². The zero-order chi connectivity index (χ0) is 14.5. The lowest BCUT2D eigenvalue weighted by molar-refractivity contribution is -0.133. The van der Waals surface area contributed by atoms with Crippen molar-refractivity contribution in [2.45, 2.75) is 18.6 Å². The van der Waals surface area contributed by atoms with E-state index in [4.69, 9.17) is 9.84 Å². The lowest BCUT2D eigenvalue weighted by Crippen LogP contribution is -2.03. The molecule has 0 aliphatic rings. The average Bonchev–Trinajstić information content (AvgIpc) is 2.42. The summed E-state index contributed by atoms with van der Waals surface area (Å²) >= 11 is 4.59. The van der Waals surface area contributed by atoms with E-state index in [1.165, 1.54) is 11.8 Å². The van der Waals surface area contributed by atoms with E-state index in [-0.39, 0.29) is 5.75 Å². The summed E-state index contributed by atoms with van der Waals surface area (Å²) in [6, 6.07) is 5.66.